The SMILES string of the molecule is Cc1ccccc1P(c1ccccc1)[C@@H](C)C1CCC[C@H]1P(C1CCCCC1)C1CCCCC1. The zero-order valence-corrected chi connectivity index (χ0v) is 23.5. The summed E-state index contributed by atoms with van der Waals surface area (Å²) in [5, 5.41) is 3.24. The van der Waals surface area contributed by atoms with Crippen LogP contribution < -0.4 is 10.6 Å². The van der Waals surface area contributed by atoms with Crippen molar-refractivity contribution in [1.29, 1.82) is 0 Å². The van der Waals surface area contributed by atoms with Crippen LogP contribution in [0.3, 0.4) is 0 Å². The quantitative estimate of drug-likeness (QED) is 0.338. The molecule has 184 valence electrons. The normalized spacial score (nSPS) is 26.6. The first kappa shape index (κ1) is 25.0. The van der Waals surface area contributed by atoms with Gasteiger partial charge in [0.05, 0.1) is 0 Å². The number of benzene rings is 2. The van der Waals surface area contributed by atoms with E-state index in [1.165, 1.54) is 56.9 Å². The fourth-order valence-electron chi connectivity index (χ4n) is 7.71. The summed E-state index contributed by atoms with van der Waals surface area (Å²) in [4.78, 5) is 0. The average Bonchev–Trinajstić information content (AvgIpc) is 3.37. The smallest absolute Gasteiger partial charge is 0.0123 e. The highest BCUT2D eigenvalue weighted by Crippen LogP contribution is 2.65. The van der Waals surface area contributed by atoms with Crippen molar-refractivity contribution in [1.82, 2.24) is 0 Å². The molecule has 0 N–H and O–H groups in total. The van der Waals surface area contributed by atoms with Crippen molar-refractivity contribution in [2.24, 2.45) is 5.92 Å². The van der Waals surface area contributed by atoms with Gasteiger partial charge in [0, 0.05) is 0 Å². The summed E-state index contributed by atoms with van der Waals surface area (Å²) >= 11 is 0. The molecule has 0 bridgehead atoms. The largest absolute Gasteiger partial charge is 0.0968 e. The van der Waals surface area contributed by atoms with Gasteiger partial charge in [0.25, 0.3) is 0 Å². The first-order valence-electron chi connectivity index (χ1n) is 14.4. The van der Waals surface area contributed by atoms with Crippen LogP contribution in [0.4, 0.5) is 0 Å². The number of hydrogen-bond donors (Lipinski definition) is 0. The summed E-state index contributed by atoms with van der Waals surface area (Å²) in [5.74, 6) is 0.931. The Labute approximate surface area is 212 Å². The van der Waals surface area contributed by atoms with Gasteiger partial charge < -0.3 is 0 Å². The van der Waals surface area contributed by atoms with Crippen molar-refractivity contribution in [2.75, 3.05) is 0 Å². The predicted octanol–water partition coefficient (Wildman–Crippen LogP) is 9.13. The Kier molecular flexibility index (Phi) is 8.83. The molecule has 0 saturated heterocycles. The lowest BCUT2D eigenvalue weighted by Gasteiger charge is -2.46. The molecule has 5 rings (SSSR count). The molecule has 2 aromatic rings. The van der Waals surface area contributed by atoms with Gasteiger partial charge >= 0.3 is 0 Å². The van der Waals surface area contributed by atoms with Crippen molar-refractivity contribution in [3.05, 3.63) is 60.2 Å². The summed E-state index contributed by atoms with van der Waals surface area (Å²) in [5.41, 5.74) is 5.50. The van der Waals surface area contributed by atoms with Gasteiger partial charge in [-0.3, -0.25) is 0 Å². The van der Waals surface area contributed by atoms with Gasteiger partial charge in [0.2, 0.25) is 0 Å². The first-order chi connectivity index (χ1) is 16.7. The second kappa shape index (κ2) is 12.0. The van der Waals surface area contributed by atoms with E-state index in [2.05, 4.69) is 68.4 Å². The van der Waals surface area contributed by atoms with Crippen molar-refractivity contribution in [3.63, 3.8) is 0 Å². The molecule has 0 radical (unpaired) electrons. The van der Waals surface area contributed by atoms with E-state index in [-0.39, 0.29) is 15.8 Å². The third-order valence-corrected chi connectivity index (χ3v) is 16.5. The van der Waals surface area contributed by atoms with Crippen LogP contribution >= 0.6 is 15.8 Å². The average molecular weight is 493 g/mol. The van der Waals surface area contributed by atoms with E-state index < -0.39 is 0 Å². The molecule has 2 aromatic carbocycles. The van der Waals surface area contributed by atoms with Gasteiger partial charge in [0.1, 0.15) is 0 Å². The molecule has 0 heterocycles. The second-order valence-corrected chi connectivity index (χ2v) is 17.0. The van der Waals surface area contributed by atoms with Crippen molar-refractivity contribution >= 4 is 26.5 Å². The summed E-state index contributed by atoms with van der Waals surface area (Å²) in [6, 6.07) is 20.9. The topological polar surface area (TPSA) is 0 Å². The molecule has 3 aliphatic carbocycles. The Balaban J connectivity index is 1.48. The molecule has 4 atom stereocenters. The lowest BCUT2D eigenvalue weighted by molar-refractivity contribution is 0.469. The van der Waals surface area contributed by atoms with E-state index in [4.69, 9.17) is 0 Å². The molecule has 3 aliphatic rings. The van der Waals surface area contributed by atoms with Crippen molar-refractivity contribution < 1.29 is 0 Å². The summed E-state index contributed by atoms with van der Waals surface area (Å²) in [7, 11) is -0.150. The van der Waals surface area contributed by atoms with E-state index in [9.17, 15) is 0 Å². The predicted molar refractivity (Wildman–Crippen MR) is 155 cm³/mol. The Bertz CT molecular complexity index is 863. The maximum absolute atomic E-state index is 2.67. The molecule has 3 saturated carbocycles. The van der Waals surface area contributed by atoms with Gasteiger partial charge in [-0.05, 0) is 98.1 Å². The van der Waals surface area contributed by atoms with Gasteiger partial charge in [-0.1, -0.05) is 114 Å². The molecule has 0 spiro atoms. The van der Waals surface area contributed by atoms with E-state index in [0.29, 0.717) is 0 Å². The van der Waals surface area contributed by atoms with E-state index in [1.807, 2.05) is 0 Å². The standard InChI is InChI=1S/C32H46P2/c1-25-15-12-13-23-31(25)33(27-16-6-3-7-17-27)26(2)30-22-14-24-32(30)34(28-18-8-4-9-19-28)29-20-10-5-11-21-29/h3,6-7,12-13,15-17,23,26,28-30,32H,4-5,8-11,14,18-22,24H2,1-2H3/t26-,30?,32+,33?/m0/s1. The lowest BCUT2D eigenvalue weighted by Crippen LogP contribution is -2.34. The highest BCUT2D eigenvalue weighted by atomic mass is 31.1. The Hall–Kier alpha value is -0.700. The molecule has 2 heteroatoms. The zero-order chi connectivity index (χ0) is 23.3. The van der Waals surface area contributed by atoms with Gasteiger partial charge in [0.15, 0.2) is 0 Å². The van der Waals surface area contributed by atoms with E-state index in [1.54, 1.807) is 42.7 Å². The monoisotopic (exact) mass is 492 g/mol. The van der Waals surface area contributed by atoms with Gasteiger partial charge in [-0.2, -0.15) is 0 Å². The minimum atomic E-state index is -0.320. The molecule has 3 fully saturated rings. The Morgan fingerprint density at radius 1 is 0.647 bits per heavy atom. The minimum Gasteiger partial charge on any atom is -0.0968 e. The van der Waals surface area contributed by atoms with Crippen LogP contribution in [-0.4, -0.2) is 22.6 Å². The molecule has 0 aliphatic heterocycles. The van der Waals surface area contributed by atoms with Crippen LogP contribution in [0, 0.1) is 12.8 Å². The number of rotatable bonds is 7. The molecule has 2 unspecified atom stereocenters. The third kappa shape index (κ3) is 5.50. The third-order valence-electron chi connectivity index (χ3n) is 9.34. The fourth-order valence-corrected chi connectivity index (χ4v) is 15.9. The molecule has 0 amide bonds. The van der Waals surface area contributed by atoms with Gasteiger partial charge in [-0.25, -0.2) is 0 Å². The second-order valence-electron chi connectivity index (χ2n) is 11.4. The van der Waals surface area contributed by atoms with E-state index in [0.717, 1.165) is 28.6 Å². The van der Waals surface area contributed by atoms with Crippen LogP contribution in [0.5, 0.6) is 0 Å². The highest BCUT2D eigenvalue weighted by Gasteiger charge is 2.45. The maximum atomic E-state index is 2.67. The summed E-state index contributed by atoms with van der Waals surface area (Å²) < 4.78 is 0. The lowest BCUT2D eigenvalue weighted by atomic mass is 9.99. The van der Waals surface area contributed by atoms with E-state index >= 15 is 0 Å². The van der Waals surface area contributed by atoms with Gasteiger partial charge in [-0.15, -0.1) is 0 Å². The van der Waals surface area contributed by atoms with Crippen molar-refractivity contribution in [3.8, 4) is 0 Å². The highest BCUT2D eigenvalue weighted by molar-refractivity contribution is 7.73. The first-order valence-corrected chi connectivity index (χ1v) is 17.4. The fraction of sp³-hybridized carbons (Fsp3) is 0.625. The van der Waals surface area contributed by atoms with Crippen LogP contribution in [0.2, 0.25) is 0 Å². The molecular formula is C32H46P2. The van der Waals surface area contributed by atoms with Crippen LogP contribution in [-0.2, 0) is 0 Å². The summed E-state index contributed by atoms with van der Waals surface area (Å²) in [6.07, 6.45) is 19.8. The minimum absolute atomic E-state index is 0.170. The number of aryl methyl sites for hydroxylation is 1. The number of hydrogen-bond acceptors (Lipinski definition) is 0. The zero-order valence-electron chi connectivity index (χ0n) is 21.7. The maximum Gasteiger partial charge on any atom is -0.0123 e. The summed E-state index contributed by atoms with van der Waals surface area (Å²) in [6.45, 7) is 5.02. The molecule has 0 aromatic heterocycles. The Morgan fingerprint density at radius 2 is 1.24 bits per heavy atom. The molecular weight excluding hydrogens is 446 g/mol. The van der Waals surface area contributed by atoms with Crippen LogP contribution in [0.15, 0.2) is 54.6 Å². The van der Waals surface area contributed by atoms with Crippen molar-refractivity contribution in [2.45, 2.75) is 120 Å². The molecule has 0 nitrogen and oxygen atoms in total. The van der Waals surface area contributed by atoms with Crippen LogP contribution in [0.1, 0.15) is 96.0 Å². The Morgan fingerprint density at radius 3 is 1.85 bits per heavy atom. The van der Waals surface area contributed by atoms with Crippen LogP contribution in [0.25, 0.3) is 0 Å². The molecule has 34 heavy (non-hydrogen) atoms.